The molecule has 0 radical (unpaired) electrons. The van der Waals surface area contributed by atoms with Crippen LogP contribution < -0.4 is 5.32 Å². The number of H-pyrrole nitrogens is 1. The van der Waals surface area contributed by atoms with Crippen LogP contribution in [0.3, 0.4) is 0 Å². The quantitative estimate of drug-likeness (QED) is 0.528. The molecule has 0 spiro atoms. The molecule has 2 aromatic rings. The summed E-state index contributed by atoms with van der Waals surface area (Å²) in [5.41, 5.74) is 0.762. The first-order valence-corrected chi connectivity index (χ1v) is 15.5. The average Bonchev–Trinajstić information content (AvgIpc) is 3.65. The normalized spacial score (nSPS) is 26.1. The van der Waals surface area contributed by atoms with Crippen molar-refractivity contribution in [2.45, 2.75) is 75.3 Å². The Balaban J connectivity index is 1.42. The van der Waals surface area contributed by atoms with Crippen molar-refractivity contribution < 1.29 is 27.6 Å². The van der Waals surface area contributed by atoms with Crippen molar-refractivity contribution in [3.05, 3.63) is 30.0 Å². The van der Waals surface area contributed by atoms with Gasteiger partial charge in [-0.15, -0.1) is 0 Å². The molecule has 5 unspecified atom stereocenters. The van der Waals surface area contributed by atoms with Crippen LogP contribution in [0.2, 0.25) is 0 Å². The number of hydrogen-bond acceptors (Lipinski definition) is 6. The molecule has 38 heavy (non-hydrogen) atoms. The molecule has 10 heteroatoms. The SMILES string of the molecule is CCC(=O)C(CC1CCCC1=O)NC(=O)C1C2CCCC2CN1C(=O)c1cc2c(S(C)(=O)=O)cccc2[nH]1. The smallest absolute Gasteiger partial charge is 0.271 e. The molecule has 204 valence electrons. The summed E-state index contributed by atoms with van der Waals surface area (Å²) in [6.07, 6.45) is 6.49. The van der Waals surface area contributed by atoms with Gasteiger partial charge in [0.2, 0.25) is 5.91 Å². The van der Waals surface area contributed by atoms with E-state index >= 15 is 0 Å². The number of carbonyl (C=O) groups is 4. The van der Waals surface area contributed by atoms with E-state index in [1.165, 1.54) is 6.07 Å². The number of ketones is 2. The van der Waals surface area contributed by atoms with Crippen LogP contribution in [0.1, 0.15) is 68.8 Å². The Hall–Kier alpha value is -3.01. The standard InChI is InChI=1S/C28H35N3O6S/c1-3-23(32)21(13-16-7-5-11-24(16)33)30-27(34)26-18-9-4-8-17(18)15-31(26)28(35)22-14-19-20(29-22)10-6-12-25(19)38(2,36)37/h6,10,12,14,16-18,21,26,29H,3-5,7-9,11,13,15H2,1-2H3,(H,30,34). The summed E-state index contributed by atoms with van der Waals surface area (Å²) in [5.74, 6) is -0.693. The molecular formula is C28H35N3O6S. The summed E-state index contributed by atoms with van der Waals surface area (Å²) in [6, 6.07) is 4.93. The van der Waals surface area contributed by atoms with Crippen LogP contribution >= 0.6 is 0 Å². The number of amides is 2. The zero-order chi connectivity index (χ0) is 27.2. The van der Waals surface area contributed by atoms with Gasteiger partial charge < -0.3 is 15.2 Å². The molecular weight excluding hydrogens is 506 g/mol. The minimum Gasteiger partial charge on any atom is -0.350 e. The first-order valence-electron chi connectivity index (χ1n) is 13.6. The van der Waals surface area contributed by atoms with E-state index in [1.54, 1.807) is 30.0 Å². The molecule has 1 saturated heterocycles. The molecule has 0 bridgehead atoms. The van der Waals surface area contributed by atoms with E-state index in [0.717, 1.165) is 38.4 Å². The summed E-state index contributed by atoms with van der Waals surface area (Å²) in [4.78, 5) is 57.3. The number of hydrogen-bond donors (Lipinski definition) is 2. The van der Waals surface area contributed by atoms with Gasteiger partial charge in [0.25, 0.3) is 5.91 Å². The van der Waals surface area contributed by atoms with E-state index < -0.39 is 21.9 Å². The third-order valence-corrected chi connectivity index (χ3v) is 9.83. The highest BCUT2D eigenvalue weighted by molar-refractivity contribution is 7.91. The Morgan fingerprint density at radius 2 is 1.95 bits per heavy atom. The molecule has 2 amide bonds. The largest absolute Gasteiger partial charge is 0.350 e. The first-order chi connectivity index (χ1) is 18.1. The fourth-order valence-corrected chi connectivity index (χ4v) is 7.66. The number of fused-ring (bicyclic) bond motifs is 2. The number of likely N-dealkylation sites (tertiary alicyclic amines) is 1. The van der Waals surface area contributed by atoms with Crippen LogP contribution in [0, 0.1) is 17.8 Å². The fourth-order valence-electron chi connectivity index (χ4n) is 6.77. The molecule has 3 aliphatic rings. The van der Waals surface area contributed by atoms with Crippen molar-refractivity contribution in [2.24, 2.45) is 17.8 Å². The predicted molar refractivity (Wildman–Crippen MR) is 141 cm³/mol. The first kappa shape index (κ1) is 26.6. The minimum atomic E-state index is -3.50. The van der Waals surface area contributed by atoms with Crippen molar-refractivity contribution in [1.29, 1.82) is 0 Å². The van der Waals surface area contributed by atoms with Crippen LogP contribution in [0.15, 0.2) is 29.2 Å². The Kier molecular flexibility index (Phi) is 7.19. The second-order valence-electron chi connectivity index (χ2n) is 11.1. The molecule has 3 fully saturated rings. The zero-order valence-electron chi connectivity index (χ0n) is 21.9. The molecule has 1 aromatic carbocycles. The highest BCUT2D eigenvalue weighted by Gasteiger charge is 2.50. The van der Waals surface area contributed by atoms with Crippen LogP contribution in [0.4, 0.5) is 0 Å². The van der Waals surface area contributed by atoms with Crippen LogP contribution in [0.25, 0.3) is 10.9 Å². The monoisotopic (exact) mass is 541 g/mol. The number of benzene rings is 1. The van der Waals surface area contributed by atoms with Gasteiger partial charge in [-0.1, -0.05) is 19.4 Å². The van der Waals surface area contributed by atoms with Crippen LogP contribution in [-0.2, 0) is 24.2 Å². The number of rotatable bonds is 8. The van der Waals surface area contributed by atoms with Crippen molar-refractivity contribution >= 4 is 44.1 Å². The number of Topliss-reactive ketones (excluding diaryl/α,β-unsaturated/α-hetero) is 2. The highest BCUT2D eigenvalue weighted by atomic mass is 32.2. The van der Waals surface area contributed by atoms with Gasteiger partial charge in [-0.3, -0.25) is 19.2 Å². The number of aromatic amines is 1. The number of nitrogens with one attached hydrogen (secondary N) is 2. The lowest BCUT2D eigenvalue weighted by Crippen LogP contribution is -2.53. The van der Waals surface area contributed by atoms with Gasteiger partial charge in [0, 0.05) is 42.5 Å². The number of carbonyl (C=O) groups excluding carboxylic acids is 4. The number of nitrogens with zero attached hydrogens (tertiary/aromatic N) is 1. The van der Waals surface area contributed by atoms with E-state index in [0.29, 0.717) is 30.3 Å². The number of aromatic nitrogens is 1. The van der Waals surface area contributed by atoms with Crippen molar-refractivity contribution in [2.75, 3.05) is 12.8 Å². The maximum atomic E-state index is 13.8. The highest BCUT2D eigenvalue weighted by Crippen LogP contribution is 2.43. The topological polar surface area (TPSA) is 133 Å². The summed E-state index contributed by atoms with van der Waals surface area (Å²) in [6.45, 7) is 2.18. The van der Waals surface area contributed by atoms with Crippen molar-refractivity contribution in [3.63, 3.8) is 0 Å². The average molecular weight is 542 g/mol. The molecule has 2 heterocycles. The summed E-state index contributed by atoms with van der Waals surface area (Å²) in [7, 11) is -3.50. The van der Waals surface area contributed by atoms with Crippen molar-refractivity contribution in [3.8, 4) is 0 Å². The number of sulfone groups is 1. The van der Waals surface area contributed by atoms with E-state index in [4.69, 9.17) is 0 Å². The van der Waals surface area contributed by atoms with E-state index in [9.17, 15) is 27.6 Å². The van der Waals surface area contributed by atoms with Gasteiger partial charge >= 0.3 is 0 Å². The van der Waals surface area contributed by atoms with Crippen LogP contribution in [-0.4, -0.2) is 66.6 Å². The molecule has 5 atom stereocenters. The van der Waals surface area contributed by atoms with E-state index in [2.05, 4.69) is 10.3 Å². The Morgan fingerprint density at radius 1 is 1.16 bits per heavy atom. The maximum absolute atomic E-state index is 13.8. The minimum absolute atomic E-state index is 0.000370. The second kappa shape index (κ2) is 10.3. The summed E-state index contributed by atoms with van der Waals surface area (Å²) >= 11 is 0. The van der Waals surface area contributed by atoms with Gasteiger partial charge in [-0.05, 0) is 62.1 Å². The molecule has 2 N–H and O–H groups in total. The Labute approximate surface area is 222 Å². The lowest BCUT2D eigenvalue weighted by atomic mass is 9.91. The molecule has 1 aliphatic heterocycles. The van der Waals surface area contributed by atoms with Gasteiger partial charge in [-0.25, -0.2) is 8.42 Å². The predicted octanol–water partition coefficient (Wildman–Crippen LogP) is 3.04. The third kappa shape index (κ3) is 4.90. The molecule has 5 rings (SSSR count). The molecule has 1 aromatic heterocycles. The van der Waals surface area contributed by atoms with Gasteiger partial charge in [-0.2, -0.15) is 0 Å². The third-order valence-electron chi connectivity index (χ3n) is 8.68. The lowest BCUT2D eigenvalue weighted by molar-refractivity contribution is -0.131. The van der Waals surface area contributed by atoms with Gasteiger partial charge in [0.05, 0.1) is 10.9 Å². The molecule has 2 saturated carbocycles. The lowest BCUT2D eigenvalue weighted by Gasteiger charge is -2.29. The Bertz CT molecular complexity index is 1400. The van der Waals surface area contributed by atoms with Crippen LogP contribution in [0.5, 0.6) is 0 Å². The molecule has 9 nitrogen and oxygen atoms in total. The van der Waals surface area contributed by atoms with E-state index in [-0.39, 0.29) is 58.1 Å². The van der Waals surface area contributed by atoms with Gasteiger partial charge in [0.1, 0.15) is 17.5 Å². The Morgan fingerprint density at radius 3 is 2.63 bits per heavy atom. The summed E-state index contributed by atoms with van der Waals surface area (Å²) in [5, 5.41) is 3.38. The summed E-state index contributed by atoms with van der Waals surface area (Å²) < 4.78 is 24.5. The zero-order valence-corrected chi connectivity index (χ0v) is 22.7. The molecule has 2 aliphatic carbocycles. The van der Waals surface area contributed by atoms with Crippen molar-refractivity contribution in [1.82, 2.24) is 15.2 Å². The maximum Gasteiger partial charge on any atom is 0.271 e. The van der Waals surface area contributed by atoms with Gasteiger partial charge in [0.15, 0.2) is 15.6 Å². The fraction of sp³-hybridized carbons (Fsp3) is 0.571. The van der Waals surface area contributed by atoms with E-state index in [1.807, 2.05) is 0 Å². The second-order valence-corrected chi connectivity index (χ2v) is 13.1.